The second kappa shape index (κ2) is 5.55. The predicted molar refractivity (Wildman–Crippen MR) is 68.1 cm³/mol. The Morgan fingerprint density at radius 2 is 1.83 bits per heavy atom. The maximum Gasteiger partial charge on any atom is 0.230 e. The van der Waals surface area contributed by atoms with Crippen molar-refractivity contribution in [3.63, 3.8) is 0 Å². The molecule has 2 atom stereocenters. The number of morpholine rings is 1. The van der Waals surface area contributed by atoms with E-state index in [1.54, 1.807) is 0 Å². The molecule has 2 heterocycles. The molecule has 104 valence electrons. The number of ether oxygens (including phenoxy) is 2. The number of carbonyl (C=O) groups excluding carboxylic acids is 1. The van der Waals surface area contributed by atoms with E-state index in [2.05, 4.69) is 0 Å². The van der Waals surface area contributed by atoms with E-state index in [9.17, 15) is 4.79 Å². The quantitative estimate of drug-likeness (QED) is 0.775. The Labute approximate surface area is 109 Å². The molecule has 5 heteroatoms. The Bertz CT molecular complexity index is 293. The number of nitrogens with zero attached hydrogens (tertiary/aromatic N) is 1. The molecule has 0 saturated carbocycles. The fraction of sp³-hybridized carbons (Fsp3) is 0.923. The Balaban J connectivity index is 2.08. The van der Waals surface area contributed by atoms with E-state index in [-0.39, 0.29) is 18.1 Å². The van der Waals surface area contributed by atoms with Gasteiger partial charge in [0.15, 0.2) is 0 Å². The molecular weight excluding hydrogens is 232 g/mol. The highest BCUT2D eigenvalue weighted by Crippen LogP contribution is 2.32. The highest BCUT2D eigenvalue weighted by Gasteiger charge is 2.42. The fourth-order valence-corrected chi connectivity index (χ4v) is 2.95. The van der Waals surface area contributed by atoms with Crippen molar-refractivity contribution in [2.24, 2.45) is 11.1 Å². The van der Waals surface area contributed by atoms with Crippen molar-refractivity contribution >= 4 is 5.91 Å². The topological polar surface area (TPSA) is 64.8 Å². The van der Waals surface area contributed by atoms with E-state index in [1.165, 1.54) is 0 Å². The predicted octanol–water partition coefficient (Wildman–Crippen LogP) is 0.378. The van der Waals surface area contributed by atoms with Crippen LogP contribution in [0.15, 0.2) is 0 Å². The van der Waals surface area contributed by atoms with Gasteiger partial charge in [-0.1, -0.05) is 0 Å². The Kier molecular flexibility index (Phi) is 4.25. The second-order valence-electron chi connectivity index (χ2n) is 5.56. The zero-order valence-corrected chi connectivity index (χ0v) is 11.4. The zero-order valence-electron chi connectivity index (χ0n) is 11.4. The summed E-state index contributed by atoms with van der Waals surface area (Å²) in [4.78, 5) is 14.7. The lowest BCUT2D eigenvalue weighted by atomic mass is 9.78. The summed E-state index contributed by atoms with van der Waals surface area (Å²) in [7, 11) is 0. The molecule has 1 amide bonds. The largest absolute Gasteiger partial charge is 0.381 e. The second-order valence-corrected chi connectivity index (χ2v) is 5.56. The summed E-state index contributed by atoms with van der Waals surface area (Å²) in [6.45, 7) is 7.05. The van der Waals surface area contributed by atoms with Gasteiger partial charge in [-0.3, -0.25) is 4.79 Å². The van der Waals surface area contributed by atoms with Crippen LogP contribution in [-0.2, 0) is 14.3 Å². The number of hydrogen-bond acceptors (Lipinski definition) is 4. The lowest BCUT2D eigenvalue weighted by molar-refractivity contribution is -0.158. The van der Waals surface area contributed by atoms with Gasteiger partial charge in [0.25, 0.3) is 0 Å². The fourth-order valence-electron chi connectivity index (χ4n) is 2.95. The molecule has 2 N–H and O–H groups in total. The summed E-state index contributed by atoms with van der Waals surface area (Å²) in [5, 5.41) is 0. The van der Waals surface area contributed by atoms with Gasteiger partial charge in [-0.05, 0) is 26.7 Å². The van der Waals surface area contributed by atoms with E-state index in [4.69, 9.17) is 15.2 Å². The molecule has 0 aromatic carbocycles. The molecule has 2 fully saturated rings. The van der Waals surface area contributed by atoms with Crippen molar-refractivity contribution in [1.82, 2.24) is 4.90 Å². The van der Waals surface area contributed by atoms with Crippen LogP contribution in [0.4, 0.5) is 0 Å². The Morgan fingerprint density at radius 1 is 1.28 bits per heavy atom. The van der Waals surface area contributed by atoms with Gasteiger partial charge in [0, 0.05) is 32.8 Å². The first-order valence-electron chi connectivity index (χ1n) is 6.80. The van der Waals surface area contributed by atoms with Gasteiger partial charge in [-0.2, -0.15) is 0 Å². The monoisotopic (exact) mass is 256 g/mol. The van der Waals surface area contributed by atoms with Crippen molar-refractivity contribution < 1.29 is 14.3 Å². The van der Waals surface area contributed by atoms with E-state index in [0.717, 1.165) is 12.8 Å². The molecule has 0 radical (unpaired) electrons. The Morgan fingerprint density at radius 3 is 2.33 bits per heavy atom. The van der Waals surface area contributed by atoms with Gasteiger partial charge in [0.05, 0.1) is 17.6 Å². The minimum atomic E-state index is -0.408. The van der Waals surface area contributed by atoms with E-state index in [1.807, 2.05) is 18.7 Å². The maximum atomic E-state index is 12.7. The van der Waals surface area contributed by atoms with Crippen molar-refractivity contribution in [1.29, 1.82) is 0 Å². The molecule has 2 aliphatic heterocycles. The SMILES string of the molecule is CC1CN(C(=O)C2(CN)CCOCC2)CC(C)O1. The summed E-state index contributed by atoms with van der Waals surface area (Å²) in [6, 6.07) is 0. The van der Waals surface area contributed by atoms with Crippen LogP contribution in [-0.4, -0.2) is 55.9 Å². The molecule has 0 bridgehead atoms. The third-order valence-electron chi connectivity index (χ3n) is 4.00. The number of rotatable bonds is 2. The lowest BCUT2D eigenvalue weighted by Gasteiger charge is -2.42. The van der Waals surface area contributed by atoms with Crippen molar-refractivity contribution in [3.05, 3.63) is 0 Å². The Hall–Kier alpha value is -0.650. The van der Waals surface area contributed by atoms with Crippen molar-refractivity contribution in [2.45, 2.75) is 38.9 Å². The number of amides is 1. The van der Waals surface area contributed by atoms with Crippen LogP contribution in [0.5, 0.6) is 0 Å². The minimum absolute atomic E-state index is 0.104. The van der Waals surface area contributed by atoms with E-state index in [0.29, 0.717) is 32.8 Å². The average Bonchev–Trinajstić information content (AvgIpc) is 2.37. The standard InChI is InChI=1S/C13H24N2O3/c1-10-7-15(8-11(2)18-10)12(16)13(9-14)3-5-17-6-4-13/h10-11H,3-9,14H2,1-2H3. The highest BCUT2D eigenvalue weighted by molar-refractivity contribution is 5.83. The summed E-state index contributed by atoms with van der Waals surface area (Å²) in [5.41, 5.74) is 5.47. The molecule has 0 aliphatic carbocycles. The molecule has 2 aliphatic rings. The van der Waals surface area contributed by atoms with Gasteiger partial charge in [0.2, 0.25) is 5.91 Å². The molecule has 2 saturated heterocycles. The smallest absolute Gasteiger partial charge is 0.230 e. The summed E-state index contributed by atoms with van der Waals surface area (Å²) < 4.78 is 11.0. The van der Waals surface area contributed by atoms with Gasteiger partial charge in [0.1, 0.15) is 0 Å². The van der Waals surface area contributed by atoms with Crippen molar-refractivity contribution in [2.75, 3.05) is 32.8 Å². The molecule has 0 spiro atoms. The molecule has 2 unspecified atom stereocenters. The molecule has 5 nitrogen and oxygen atoms in total. The van der Waals surface area contributed by atoms with Gasteiger partial charge < -0.3 is 20.1 Å². The highest BCUT2D eigenvalue weighted by atomic mass is 16.5. The summed E-state index contributed by atoms with van der Waals surface area (Å²) in [6.07, 6.45) is 1.69. The van der Waals surface area contributed by atoms with Crippen LogP contribution in [0.2, 0.25) is 0 Å². The van der Waals surface area contributed by atoms with E-state index < -0.39 is 5.41 Å². The molecule has 0 aromatic rings. The van der Waals surface area contributed by atoms with Crippen LogP contribution in [0.3, 0.4) is 0 Å². The van der Waals surface area contributed by atoms with Crippen LogP contribution in [0, 0.1) is 5.41 Å². The average molecular weight is 256 g/mol. The molecule has 2 rings (SSSR count). The molecule has 18 heavy (non-hydrogen) atoms. The van der Waals surface area contributed by atoms with Crippen LogP contribution in [0.1, 0.15) is 26.7 Å². The number of carbonyl (C=O) groups is 1. The van der Waals surface area contributed by atoms with Gasteiger partial charge in [-0.25, -0.2) is 0 Å². The first-order valence-corrected chi connectivity index (χ1v) is 6.80. The normalized spacial score (nSPS) is 32.3. The summed E-state index contributed by atoms with van der Waals surface area (Å²) in [5.74, 6) is 0.190. The van der Waals surface area contributed by atoms with Crippen molar-refractivity contribution in [3.8, 4) is 0 Å². The first kappa shape index (κ1) is 13.8. The lowest BCUT2D eigenvalue weighted by Crippen LogP contribution is -2.56. The van der Waals surface area contributed by atoms with Gasteiger partial charge >= 0.3 is 0 Å². The molecular formula is C13H24N2O3. The number of hydrogen-bond donors (Lipinski definition) is 1. The van der Waals surface area contributed by atoms with Crippen LogP contribution in [0.25, 0.3) is 0 Å². The zero-order chi connectivity index (χ0) is 13.2. The van der Waals surface area contributed by atoms with Crippen LogP contribution < -0.4 is 5.73 Å². The summed E-state index contributed by atoms with van der Waals surface area (Å²) >= 11 is 0. The van der Waals surface area contributed by atoms with Crippen LogP contribution >= 0.6 is 0 Å². The third-order valence-corrected chi connectivity index (χ3v) is 4.00. The minimum Gasteiger partial charge on any atom is -0.381 e. The first-order chi connectivity index (χ1) is 8.57. The number of nitrogens with two attached hydrogens (primary N) is 1. The maximum absolute atomic E-state index is 12.7. The molecule has 0 aromatic heterocycles. The van der Waals surface area contributed by atoms with E-state index >= 15 is 0 Å². The van der Waals surface area contributed by atoms with Gasteiger partial charge in [-0.15, -0.1) is 0 Å². The third kappa shape index (κ3) is 2.68.